The number of nitrogens with one attached hydrogen (secondary N) is 2. The van der Waals surface area contributed by atoms with E-state index < -0.39 is 12.1 Å². The van der Waals surface area contributed by atoms with Gasteiger partial charge < -0.3 is 10.6 Å². The lowest BCUT2D eigenvalue weighted by Crippen LogP contribution is -2.35. The van der Waals surface area contributed by atoms with Gasteiger partial charge in [0.15, 0.2) is 11.0 Å². The van der Waals surface area contributed by atoms with Gasteiger partial charge in [-0.15, -0.1) is 10.2 Å². The minimum Gasteiger partial charge on any atom is -0.327 e. The van der Waals surface area contributed by atoms with Crippen LogP contribution in [0.1, 0.15) is 28.6 Å². The van der Waals surface area contributed by atoms with E-state index in [4.69, 9.17) is 23.2 Å². The molecule has 208 valence electrons. The zero-order chi connectivity index (χ0) is 28.8. The highest BCUT2D eigenvalue weighted by Gasteiger charge is 2.25. The molecule has 0 aliphatic carbocycles. The molecule has 1 aromatic heterocycles. The van der Waals surface area contributed by atoms with Gasteiger partial charge in [0.1, 0.15) is 5.82 Å². The molecule has 0 saturated carbocycles. The van der Waals surface area contributed by atoms with Crippen molar-refractivity contribution in [3.63, 3.8) is 0 Å². The first-order valence-corrected chi connectivity index (χ1v) is 14.6. The fraction of sp³-hybridized carbons (Fsp3) is 0.129. The summed E-state index contributed by atoms with van der Waals surface area (Å²) in [6, 6.07) is 28.3. The predicted molar refractivity (Wildman–Crippen MR) is 164 cm³/mol. The number of thioether (sulfide) groups is 1. The average molecular weight is 607 g/mol. The monoisotopic (exact) mass is 605 g/mol. The number of urea groups is 1. The number of carbonyl (C=O) groups excluding carboxylic acids is 1. The van der Waals surface area contributed by atoms with Gasteiger partial charge in [0.25, 0.3) is 0 Å². The molecule has 1 unspecified atom stereocenters. The Hall–Kier alpha value is -3.85. The standard InChI is InChI=1S/C31H26Cl2FN5OS/c1-20-10-16-24(17-11-20)39-29(37-38-31(39)41-19-22-12-14-23(34)15-13-22)27(18-21-6-3-2-4-7-21)36-30(40)35-26-9-5-8-25(32)28(26)33/h2-17,27H,18-19H2,1H3,(H2,35,36,40). The molecular weight excluding hydrogens is 580 g/mol. The van der Waals surface area contributed by atoms with E-state index in [1.54, 1.807) is 30.3 Å². The van der Waals surface area contributed by atoms with Crippen LogP contribution >= 0.6 is 35.0 Å². The van der Waals surface area contributed by atoms with Gasteiger partial charge in [-0.1, -0.05) is 101 Å². The third kappa shape index (κ3) is 7.27. The molecule has 0 aliphatic rings. The van der Waals surface area contributed by atoms with Crippen molar-refractivity contribution in [2.45, 2.75) is 30.3 Å². The van der Waals surface area contributed by atoms with Crippen molar-refractivity contribution in [2.75, 3.05) is 5.32 Å². The largest absolute Gasteiger partial charge is 0.327 e. The second-order valence-corrected chi connectivity index (χ2v) is 11.1. The smallest absolute Gasteiger partial charge is 0.319 e. The van der Waals surface area contributed by atoms with Crippen LogP contribution in [0.25, 0.3) is 5.69 Å². The Kier molecular flexibility index (Phi) is 9.24. The number of aromatic nitrogens is 3. The second-order valence-electron chi connectivity index (χ2n) is 9.37. The number of amides is 2. The SMILES string of the molecule is Cc1ccc(-n2c(SCc3ccc(F)cc3)nnc2C(Cc2ccccc2)NC(=O)Nc2cccc(Cl)c2Cl)cc1. The highest BCUT2D eigenvalue weighted by Crippen LogP contribution is 2.31. The molecule has 0 radical (unpaired) electrons. The molecule has 10 heteroatoms. The molecule has 0 aliphatic heterocycles. The maximum atomic E-state index is 13.4. The van der Waals surface area contributed by atoms with Crippen molar-refractivity contribution in [1.29, 1.82) is 0 Å². The molecule has 1 atom stereocenters. The lowest BCUT2D eigenvalue weighted by Gasteiger charge is -2.21. The van der Waals surface area contributed by atoms with Gasteiger partial charge in [-0.3, -0.25) is 4.57 Å². The predicted octanol–water partition coefficient (Wildman–Crippen LogP) is 8.42. The molecule has 0 bridgehead atoms. The van der Waals surface area contributed by atoms with Crippen LogP contribution in [-0.4, -0.2) is 20.8 Å². The summed E-state index contributed by atoms with van der Waals surface area (Å²) in [6.07, 6.45) is 0.462. The van der Waals surface area contributed by atoms with Crippen molar-refractivity contribution in [3.8, 4) is 5.69 Å². The van der Waals surface area contributed by atoms with Crippen molar-refractivity contribution in [3.05, 3.63) is 135 Å². The normalized spacial score (nSPS) is 11.7. The fourth-order valence-corrected chi connectivity index (χ4v) is 5.50. The molecule has 0 spiro atoms. The van der Waals surface area contributed by atoms with Gasteiger partial charge in [0.05, 0.1) is 21.8 Å². The van der Waals surface area contributed by atoms with Crippen molar-refractivity contribution < 1.29 is 9.18 Å². The number of anilines is 1. The van der Waals surface area contributed by atoms with Crippen LogP contribution in [0.5, 0.6) is 0 Å². The van der Waals surface area contributed by atoms with Crippen molar-refractivity contribution in [1.82, 2.24) is 20.1 Å². The van der Waals surface area contributed by atoms with Gasteiger partial charge in [0, 0.05) is 17.9 Å². The van der Waals surface area contributed by atoms with E-state index in [2.05, 4.69) is 20.8 Å². The van der Waals surface area contributed by atoms with Gasteiger partial charge in [-0.05, 0) is 54.4 Å². The van der Waals surface area contributed by atoms with E-state index in [0.29, 0.717) is 33.9 Å². The third-order valence-electron chi connectivity index (χ3n) is 6.33. The van der Waals surface area contributed by atoms with E-state index in [1.165, 1.54) is 23.9 Å². The first-order chi connectivity index (χ1) is 19.9. The lowest BCUT2D eigenvalue weighted by atomic mass is 10.1. The van der Waals surface area contributed by atoms with E-state index in [0.717, 1.165) is 22.4 Å². The van der Waals surface area contributed by atoms with E-state index in [9.17, 15) is 9.18 Å². The van der Waals surface area contributed by atoms with Crippen LogP contribution in [0.4, 0.5) is 14.9 Å². The molecule has 2 N–H and O–H groups in total. The first-order valence-electron chi connectivity index (χ1n) is 12.8. The second kappa shape index (κ2) is 13.2. The zero-order valence-corrected chi connectivity index (χ0v) is 24.3. The van der Waals surface area contributed by atoms with E-state index in [1.807, 2.05) is 66.1 Å². The molecule has 0 saturated heterocycles. The average Bonchev–Trinajstić information content (AvgIpc) is 3.40. The van der Waals surface area contributed by atoms with Crippen LogP contribution in [0.3, 0.4) is 0 Å². The topological polar surface area (TPSA) is 71.8 Å². The Labute approximate surface area is 251 Å². The summed E-state index contributed by atoms with van der Waals surface area (Å²) in [6.45, 7) is 2.02. The molecule has 1 heterocycles. The Morgan fingerprint density at radius 3 is 2.37 bits per heavy atom. The number of rotatable bonds is 9. The third-order valence-corrected chi connectivity index (χ3v) is 8.15. The maximum Gasteiger partial charge on any atom is 0.319 e. The molecule has 41 heavy (non-hydrogen) atoms. The number of nitrogens with zero attached hydrogens (tertiary/aromatic N) is 3. The van der Waals surface area contributed by atoms with E-state index >= 15 is 0 Å². The Bertz CT molecular complexity index is 1630. The van der Waals surface area contributed by atoms with Crippen LogP contribution in [0, 0.1) is 12.7 Å². The molecule has 4 aromatic carbocycles. The summed E-state index contributed by atoms with van der Waals surface area (Å²) in [4.78, 5) is 13.3. The summed E-state index contributed by atoms with van der Waals surface area (Å²) in [5.74, 6) is 0.845. The summed E-state index contributed by atoms with van der Waals surface area (Å²) >= 11 is 13.9. The maximum absolute atomic E-state index is 13.4. The minimum atomic E-state index is -0.552. The zero-order valence-electron chi connectivity index (χ0n) is 22.0. The van der Waals surface area contributed by atoms with Crippen LogP contribution in [0.15, 0.2) is 102 Å². The van der Waals surface area contributed by atoms with Crippen molar-refractivity contribution in [2.24, 2.45) is 0 Å². The molecule has 2 amide bonds. The van der Waals surface area contributed by atoms with Crippen LogP contribution in [0.2, 0.25) is 10.0 Å². The number of hydrogen-bond acceptors (Lipinski definition) is 4. The summed E-state index contributed by atoms with van der Waals surface area (Å²) in [7, 11) is 0. The van der Waals surface area contributed by atoms with Crippen LogP contribution in [-0.2, 0) is 12.2 Å². The van der Waals surface area contributed by atoms with E-state index in [-0.39, 0.29) is 10.8 Å². The number of benzene rings is 4. The highest BCUT2D eigenvalue weighted by atomic mass is 35.5. The molecule has 5 aromatic rings. The summed E-state index contributed by atoms with van der Waals surface area (Å²) in [5.41, 5.74) is 4.33. The Morgan fingerprint density at radius 1 is 0.902 bits per heavy atom. The van der Waals surface area contributed by atoms with Gasteiger partial charge in [-0.25, -0.2) is 9.18 Å². The number of aryl methyl sites for hydroxylation is 1. The van der Waals surface area contributed by atoms with Gasteiger partial charge >= 0.3 is 6.03 Å². The Balaban J connectivity index is 1.50. The highest BCUT2D eigenvalue weighted by molar-refractivity contribution is 7.98. The van der Waals surface area contributed by atoms with Crippen molar-refractivity contribution >= 4 is 46.7 Å². The number of halogens is 3. The van der Waals surface area contributed by atoms with Crippen LogP contribution < -0.4 is 10.6 Å². The minimum absolute atomic E-state index is 0.256. The van der Waals surface area contributed by atoms with Gasteiger partial charge in [0.2, 0.25) is 0 Å². The lowest BCUT2D eigenvalue weighted by molar-refractivity contribution is 0.247. The summed E-state index contributed by atoms with van der Waals surface area (Å²) in [5, 5.41) is 16.2. The molecule has 5 rings (SSSR count). The fourth-order valence-electron chi connectivity index (χ4n) is 4.24. The molecular formula is C31H26Cl2FN5OS. The molecule has 6 nitrogen and oxygen atoms in total. The van der Waals surface area contributed by atoms with Gasteiger partial charge in [-0.2, -0.15) is 0 Å². The summed E-state index contributed by atoms with van der Waals surface area (Å²) < 4.78 is 15.4. The number of carbonyl (C=O) groups is 1. The Morgan fingerprint density at radius 2 is 1.63 bits per heavy atom. The first kappa shape index (κ1) is 28.7. The number of hydrogen-bond donors (Lipinski definition) is 2. The quantitative estimate of drug-likeness (QED) is 0.165. The molecule has 0 fully saturated rings.